The number of hydrogen-bond acceptors (Lipinski definition) is 0. The highest BCUT2D eigenvalue weighted by Crippen LogP contribution is 2.72. The maximum absolute atomic E-state index is 2.50. The molecule has 0 aliphatic rings. The van der Waals surface area contributed by atoms with Crippen LogP contribution in [0.15, 0.2) is 145 Å². The molecule has 0 aliphatic heterocycles. The van der Waals surface area contributed by atoms with Gasteiger partial charge < -0.3 is 0 Å². The van der Waals surface area contributed by atoms with Gasteiger partial charge in [0.15, 0.2) is 5.90 Å². The summed E-state index contributed by atoms with van der Waals surface area (Å²) in [4.78, 5) is 0. The summed E-state index contributed by atoms with van der Waals surface area (Å²) in [6.45, 7) is 8.96. The Hall–Kier alpha value is -2.78. The Kier molecular flexibility index (Phi) is 9.32. The molecule has 4 rings (SSSR count). The van der Waals surface area contributed by atoms with Crippen LogP contribution < -0.4 is 21.2 Å². The van der Waals surface area contributed by atoms with Gasteiger partial charge in [0.05, 0.1) is 12.3 Å². The van der Waals surface area contributed by atoms with Crippen molar-refractivity contribution in [1.82, 2.24) is 0 Å². The third kappa shape index (κ3) is 6.38. The zero-order chi connectivity index (χ0) is 26.1. The zero-order valence-electron chi connectivity index (χ0n) is 22.7. The minimum atomic E-state index is -1.82. The predicted octanol–water partition coefficient (Wildman–Crippen LogP) is 8.21. The van der Waals surface area contributed by atoms with Gasteiger partial charge in [0, 0.05) is 0 Å². The second-order valence-corrected chi connectivity index (χ2v) is 18.1. The second-order valence-electron chi connectivity index (χ2n) is 10.3. The molecule has 0 saturated carbocycles. The van der Waals surface area contributed by atoms with Gasteiger partial charge in [-0.15, -0.1) is 0 Å². The topological polar surface area (TPSA) is 0 Å². The molecular formula is C35H40P2+2. The first-order valence-electron chi connectivity index (χ1n) is 13.2. The highest BCUT2D eigenvalue weighted by Gasteiger charge is 2.56. The molecule has 4 aromatic carbocycles. The Balaban J connectivity index is 2.07. The van der Waals surface area contributed by atoms with Crippen LogP contribution in [0.25, 0.3) is 0 Å². The number of benzene rings is 4. The summed E-state index contributed by atoms with van der Waals surface area (Å²) in [5.41, 5.74) is 2.78. The predicted molar refractivity (Wildman–Crippen MR) is 172 cm³/mol. The molecule has 0 N–H and O–H groups in total. The Bertz CT molecular complexity index is 1120. The molecule has 0 atom stereocenters. The molecule has 0 nitrogen and oxygen atoms in total. The van der Waals surface area contributed by atoms with Crippen molar-refractivity contribution in [2.45, 2.75) is 27.7 Å². The third-order valence-corrected chi connectivity index (χ3v) is 17.7. The molecular weight excluding hydrogens is 482 g/mol. The molecule has 2 heteroatoms. The summed E-state index contributed by atoms with van der Waals surface area (Å²) in [6, 6.07) is 45.6. The average Bonchev–Trinajstić information content (AvgIpc) is 2.95. The van der Waals surface area contributed by atoms with Gasteiger partial charge >= 0.3 is 0 Å². The molecule has 0 radical (unpaired) electrons. The summed E-state index contributed by atoms with van der Waals surface area (Å²) in [5, 5.41) is 6.03. The van der Waals surface area contributed by atoms with E-state index in [-0.39, 0.29) is 0 Å². The maximum atomic E-state index is 2.50. The highest BCUT2D eigenvalue weighted by atomic mass is 31.2. The summed E-state index contributed by atoms with van der Waals surface area (Å²) in [7, 11) is -3.65. The average molecular weight is 523 g/mol. The molecule has 0 fully saturated rings. The first-order valence-corrected chi connectivity index (χ1v) is 17.5. The van der Waals surface area contributed by atoms with Crippen LogP contribution in [-0.2, 0) is 0 Å². The summed E-state index contributed by atoms with van der Waals surface area (Å²) in [5.74, 6) is 1.18. The van der Waals surface area contributed by atoms with E-state index in [9.17, 15) is 0 Å². The largest absolute Gasteiger partial charge is 0.179 e. The van der Waals surface area contributed by atoms with Gasteiger partial charge in [-0.25, -0.2) is 0 Å². The van der Waals surface area contributed by atoms with E-state index in [4.69, 9.17) is 0 Å². The fraction of sp³-hybridized carbons (Fsp3) is 0.200. The minimum absolute atomic E-state index is 1.08. The first-order chi connectivity index (χ1) is 18.0. The third-order valence-electron chi connectivity index (χ3n) is 7.11. The van der Waals surface area contributed by atoms with Crippen molar-refractivity contribution < 1.29 is 0 Å². The van der Waals surface area contributed by atoms with E-state index < -0.39 is 14.5 Å². The quantitative estimate of drug-likeness (QED) is 0.145. The first kappa shape index (κ1) is 27.3. The molecule has 0 unspecified atom stereocenters. The standard InChI is InChI=1S/C35H40P2/c1-30(2)25-27-36(32-17-9-5-10-18-32,33-19-11-6-12-20-33)29-37(28-26-31(3)4,34-21-13-7-14-22-34)35-23-15-8-16-24-35/h5-26H,27-29H2,1-4H3/q+2. The lowest BCUT2D eigenvalue weighted by Gasteiger charge is -2.34. The summed E-state index contributed by atoms with van der Waals surface area (Å²) in [6.07, 6.45) is 7.16. The van der Waals surface area contributed by atoms with E-state index in [1.54, 1.807) is 0 Å². The van der Waals surface area contributed by atoms with E-state index in [2.05, 4.69) is 161 Å². The highest BCUT2D eigenvalue weighted by molar-refractivity contribution is 8.04. The van der Waals surface area contributed by atoms with Crippen LogP contribution in [0.5, 0.6) is 0 Å². The van der Waals surface area contributed by atoms with E-state index in [0.29, 0.717) is 0 Å². The zero-order valence-corrected chi connectivity index (χ0v) is 24.5. The molecule has 188 valence electrons. The molecule has 0 saturated heterocycles. The Labute approximate surface area is 225 Å². The Morgan fingerprint density at radius 2 is 0.676 bits per heavy atom. The number of rotatable bonds is 10. The van der Waals surface area contributed by atoms with Crippen molar-refractivity contribution in [2.24, 2.45) is 0 Å². The normalized spacial score (nSPS) is 11.6. The van der Waals surface area contributed by atoms with E-state index in [1.807, 2.05) is 0 Å². The molecule has 37 heavy (non-hydrogen) atoms. The fourth-order valence-corrected chi connectivity index (χ4v) is 17.7. The molecule has 0 spiro atoms. The van der Waals surface area contributed by atoms with Crippen molar-refractivity contribution in [3.8, 4) is 0 Å². The van der Waals surface area contributed by atoms with Gasteiger partial charge in [0.1, 0.15) is 35.7 Å². The smallest absolute Gasteiger partial charge is 0.0768 e. The molecule has 0 bridgehead atoms. The summed E-state index contributed by atoms with van der Waals surface area (Å²) < 4.78 is 0. The van der Waals surface area contributed by atoms with Crippen LogP contribution in [0.1, 0.15) is 27.7 Å². The maximum Gasteiger partial charge on any atom is 0.179 e. The molecule has 0 aromatic heterocycles. The van der Waals surface area contributed by atoms with Crippen LogP contribution in [0, 0.1) is 0 Å². The van der Waals surface area contributed by atoms with E-state index in [0.717, 1.165) is 12.3 Å². The van der Waals surface area contributed by atoms with Crippen molar-refractivity contribution in [3.05, 3.63) is 145 Å². The molecule has 0 amide bonds. The lowest BCUT2D eigenvalue weighted by molar-refractivity contribution is 1.36. The van der Waals surface area contributed by atoms with Crippen LogP contribution in [0.3, 0.4) is 0 Å². The van der Waals surface area contributed by atoms with Crippen molar-refractivity contribution in [1.29, 1.82) is 0 Å². The Morgan fingerprint density at radius 1 is 0.432 bits per heavy atom. The number of allylic oxidation sites excluding steroid dienone is 4. The van der Waals surface area contributed by atoms with Gasteiger partial charge in [-0.2, -0.15) is 0 Å². The SMILES string of the molecule is CC(C)=CC[P+](C[P+](CC=C(C)C)(c1ccccc1)c1ccccc1)(c1ccccc1)c1ccccc1. The van der Waals surface area contributed by atoms with Crippen molar-refractivity contribution >= 4 is 35.7 Å². The van der Waals surface area contributed by atoms with Crippen LogP contribution in [0.4, 0.5) is 0 Å². The Morgan fingerprint density at radius 3 is 0.892 bits per heavy atom. The second kappa shape index (κ2) is 12.6. The lowest BCUT2D eigenvalue weighted by atomic mass is 10.3. The van der Waals surface area contributed by atoms with Crippen LogP contribution >= 0.6 is 14.5 Å². The van der Waals surface area contributed by atoms with Gasteiger partial charge in [-0.1, -0.05) is 83.9 Å². The van der Waals surface area contributed by atoms with Crippen LogP contribution in [-0.4, -0.2) is 18.2 Å². The van der Waals surface area contributed by atoms with Gasteiger partial charge in [-0.3, -0.25) is 0 Å². The van der Waals surface area contributed by atoms with Gasteiger partial charge in [0.2, 0.25) is 0 Å². The summed E-state index contributed by atoms with van der Waals surface area (Å²) >= 11 is 0. The van der Waals surface area contributed by atoms with Gasteiger partial charge in [0.25, 0.3) is 0 Å². The molecule has 0 heterocycles. The molecule has 4 aromatic rings. The lowest BCUT2D eigenvalue weighted by Crippen LogP contribution is -2.35. The van der Waals surface area contributed by atoms with E-state index >= 15 is 0 Å². The van der Waals surface area contributed by atoms with E-state index in [1.165, 1.54) is 38.3 Å². The van der Waals surface area contributed by atoms with Crippen molar-refractivity contribution in [2.75, 3.05) is 18.2 Å². The monoisotopic (exact) mass is 522 g/mol. The minimum Gasteiger partial charge on any atom is -0.0768 e. The fourth-order valence-electron chi connectivity index (χ4n) is 5.10. The van der Waals surface area contributed by atoms with Gasteiger partial charge in [-0.05, 0) is 88.4 Å². The number of hydrogen-bond donors (Lipinski definition) is 0. The van der Waals surface area contributed by atoms with Crippen molar-refractivity contribution in [3.63, 3.8) is 0 Å². The van der Waals surface area contributed by atoms with Crippen LogP contribution in [0.2, 0.25) is 0 Å². The molecule has 0 aliphatic carbocycles.